The zero-order valence-corrected chi connectivity index (χ0v) is 18.6. The Morgan fingerprint density at radius 2 is 1.77 bits per heavy atom. The number of carbonyl (C=O) groups excluding carboxylic acids is 1. The number of anilines is 1. The molecule has 1 fully saturated rings. The van der Waals surface area contributed by atoms with Gasteiger partial charge in [0.05, 0.1) is 10.6 Å². The molecule has 0 radical (unpaired) electrons. The Kier molecular flexibility index (Phi) is 5.87. The lowest BCUT2D eigenvalue weighted by molar-refractivity contribution is 0.0679. The van der Waals surface area contributed by atoms with E-state index in [2.05, 4.69) is 6.92 Å². The van der Waals surface area contributed by atoms with Gasteiger partial charge in [-0.3, -0.25) is 9.10 Å². The lowest BCUT2D eigenvalue weighted by Crippen LogP contribution is -2.39. The molecule has 0 unspecified atom stereocenters. The van der Waals surface area contributed by atoms with Gasteiger partial charge < -0.3 is 4.90 Å². The van der Waals surface area contributed by atoms with Crippen LogP contribution >= 0.6 is 0 Å². The second-order valence-electron chi connectivity index (χ2n) is 8.67. The third kappa shape index (κ3) is 3.97. The normalized spacial score (nSPS) is 21.7. The molecule has 0 bridgehead atoms. The Labute approximate surface area is 179 Å². The molecule has 1 saturated carbocycles. The number of benzene rings is 2. The van der Waals surface area contributed by atoms with Crippen molar-refractivity contribution in [3.05, 3.63) is 59.7 Å². The van der Waals surface area contributed by atoms with E-state index in [9.17, 15) is 13.2 Å². The molecule has 6 heteroatoms. The molecule has 0 saturated heterocycles. The van der Waals surface area contributed by atoms with Crippen molar-refractivity contribution < 1.29 is 13.2 Å². The fraction of sp³-hybridized carbons (Fsp3) is 0.458. The molecule has 0 spiro atoms. The van der Waals surface area contributed by atoms with Crippen LogP contribution in [0.4, 0.5) is 5.69 Å². The summed E-state index contributed by atoms with van der Waals surface area (Å²) < 4.78 is 28.4. The van der Waals surface area contributed by atoms with Crippen LogP contribution in [0.5, 0.6) is 0 Å². The van der Waals surface area contributed by atoms with Gasteiger partial charge in [-0.05, 0) is 74.3 Å². The van der Waals surface area contributed by atoms with Crippen molar-refractivity contribution in [2.45, 2.75) is 56.4 Å². The van der Waals surface area contributed by atoms with E-state index < -0.39 is 10.0 Å². The highest BCUT2D eigenvalue weighted by Gasteiger charge is 2.30. The first-order valence-corrected chi connectivity index (χ1v) is 12.3. The van der Waals surface area contributed by atoms with Gasteiger partial charge in [0.15, 0.2) is 0 Å². The average molecular weight is 427 g/mol. The fourth-order valence-electron chi connectivity index (χ4n) is 4.66. The van der Waals surface area contributed by atoms with Crippen molar-refractivity contribution in [3.63, 3.8) is 0 Å². The second kappa shape index (κ2) is 8.42. The Hall–Kier alpha value is -2.34. The van der Waals surface area contributed by atoms with Crippen molar-refractivity contribution in [1.82, 2.24) is 4.90 Å². The molecule has 1 aliphatic carbocycles. The summed E-state index contributed by atoms with van der Waals surface area (Å²) in [5, 5.41) is 0. The Morgan fingerprint density at radius 1 is 1.03 bits per heavy atom. The number of hydrogen-bond donors (Lipinski definition) is 0. The number of amides is 1. The van der Waals surface area contributed by atoms with Crippen molar-refractivity contribution in [1.29, 1.82) is 0 Å². The van der Waals surface area contributed by atoms with Gasteiger partial charge in [-0.15, -0.1) is 0 Å². The molecule has 2 aromatic carbocycles. The summed E-state index contributed by atoms with van der Waals surface area (Å²) in [6, 6.07) is 14.4. The smallest absolute Gasteiger partial charge is 0.264 e. The van der Waals surface area contributed by atoms with Gasteiger partial charge in [0, 0.05) is 25.2 Å². The molecule has 1 heterocycles. The SMILES string of the molecule is CC1CCC(N(C)C(=O)c2cccc(S(=O)(=O)N3CCCc4ccccc43)c2)CC1. The van der Waals surface area contributed by atoms with Crippen LogP contribution in [0.15, 0.2) is 53.4 Å². The molecule has 0 aromatic heterocycles. The van der Waals surface area contributed by atoms with Crippen LogP contribution in [0.3, 0.4) is 0 Å². The molecule has 0 N–H and O–H groups in total. The third-order valence-corrected chi connectivity index (χ3v) is 8.40. The summed E-state index contributed by atoms with van der Waals surface area (Å²) in [6.45, 7) is 2.71. The molecule has 160 valence electrons. The molecule has 5 nitrogen and oxygen atoms in total. The van der Waals surface area contributed by atoms with Gasteiger partial charge >= 0.3 is 0 Å². The van der Waals surface area contributed by atoms with E-state index in [1.165, 1.54) is 10.4 Å². The van der Waals surface area contributed by atoms with Gasteiger partial charge in [0.25, 0.3) is 15.9 Å². The zero-order valence-electron chi connectivity index (χ0n) is 17.8. The maximum Gasteiger partial charge on any atom is 0.264 e. The van der Waals surface area contributed by atoms with E-state index in [0.717, 1.165) is 49.8 Å². The van der Waals surface area contributed by atoms with E-state index in [0.29, 0.717) is 18.0 Å². The minimum absolute atomic E-state index is 0.106. The summed E-state index contributed by atoms with van der Waals surface area (Å²) in [5.41, 5.74) is 2.22. The first kappa shape index (κ1) is 20.9. The van der Waals surface area contributed by atoms with Crippen molar-refractivity contribution in [2.24, 2.45) is 5.92 Å². The molecule has 30 heavy (non-hydrogen) atoms. The standard InChI is InChI=1S/C24H30N2O3S/c1-18-12-14-21(15-13-18)25(2)24(27)20-8-5-10-22(17-20)30(28,29)26-16-6-9-19-7-3-4-11-23(19)26/h3-5,7-8,10-11,17-18,21H,6,9,12-16H2,1-2H3. The largest absolute Gasteiger partial charge is 0.339 e. The fourth-order valence-corrected chi connectivity index (χ4v) is 6.25. The van der Waals surface area contributed by atoms with Crippen molar-refractivity contribution in [3.8, 4) is 0 Å². The van der Waals surface area contributed by atoms with Crippen LogP contribution in [-0.4, -0.2) is 38.9 Å². The molecule has 1 aliphatic heterocycles. The number of rotatable bonds is 4. The van der Waals surface area contributed by atoms with Crippen LogP contribution < -0.4 is 4.31 Å². The van der Waals surface area contributed by atoms with E-state index in [1.807, 2.05) is 31.3 Å². The predicted octanol–water partition coefficient (Wildman–Crippen LogP) is 4.48. The Bertz CT molecular complexity index is 1030. The molecule has 0 atom stereocenters. The van der Waals surface area contributed by atoms with Crippen LogP contribution in [0.25, 0.3) is 0 Å². The van der Waals surface area contributed by atoms with Crippen LogP contribution in [0.2, 0.25) is 0 Å². The molecule has 1 amide bonds. The number of sulfonamides is 1. The third-order valence-electron chi connectivity index (χ3n) is 6.59. The van der Waals surface area contributed by atoms with E-state index in [-0.39, 0.29) is 16.8 Å². The second-order valence-corrected chi connectivity index (χ2v) is 10.5. The Balaban J connectivity index is 1.60. The van der Waals surface area contributed by atoms with E-state index >= 15 is 0 Å². The zero-order chi connectivity index (χ0) is 21.3. The highest BCUT2D eigenvalue weighted by molar-refractivity contribution is 7.92. The first-order chi connectivity index (χ1) is 14.4. The number of nitrogens with zero attached hydrogens (tertiary/aromatic N) is 2. The number of carbonyl (C=O) groups is 1. The number of hydrogen-bond acceptors (Lipinski definition) is 3. The molecular formula is C24H30N2O3S. The van der Waals surface area contributed by atoms with Gasteiger partial charge in [-0.2, -0.15) is 0 Å². The molecule has 2 aromatic rings. The minimum atomic E-state index is -3.73. The summed E-state index contributed by atoms with van der Waals surface area (Å²) in [7, 11) is -1.89. The highest BCUT2D eigenvalue weighted by atomic mass is 32.2. The van der Waals surface area contributed by atoms with Gasteiger partial charge in [-0.1, -0.05) is 31.2 Å². The number of para-hydroxylation sites is 1. The molecular weight excluding hydrogens is 396 g/mol. The first-order valence-electron chi connectivity index (χ1n) is 10.9. The lowest BCUT2D eigenvalue weighted by Gasteiger charge is -2.34. The minimum Gasteiger partial charge on any atom is -0.339 e. The monoisotopic (exact) mass is 426 g/mol. The van der Waals surface area contributed by atoms with E-state index in [1.54, 1.807) is 23.1 Å². The lowest BCUT2D eigenvalue weighted by atomic mass is 9.86. The van der Waals surface area contributed by atoms with Gasteiger partial charge in [-0.25, -0.2) is 8.42 Å². The summed E-state index contributed by atoms with van der Waals surface area (Å²) >= 11 is 0. The van der Waals surface area contributed by atoms with Crippen molar-refractivity contribution in [2.75, 3.05) is 17.9 Å². The maximum atomic E-state index is 13.4. The summed E-state index contributed by atoms with van der Waals surface area (Å²) in [4.78, 5) is 15.1. The van der Waals surface area contributed by atoms with E-state index in [4.69, 9.17) is 0 Å². The van der Waals surface area contributed by atoms with Crippen LogP contribution in [-0.2, 0) is 16.4 Å². The summed E-state index contributed by atoms with van der Waals surface area (Å²) in [5.74, 6) is 0.608. The van der Waals surface area contributed by atoms with Gasteiger partial charge in [0.1, 0.15) is 0 Å². The van der Waals surface area contributed by atoms with Crippen molar-refractivity contribution >= 4 is 21.6 Å². The molecule has 2 aliphatic rings. The quantitative estimate of drug-likeness (QED) is 0.724. The van der Waals surface area contributed by atoms with Gasteiger partial charge in [0.2, 0.25) is 0 Å². The highest BCUT2D eigenvalue weighted by Crippen LogP contribution is 2.32. The average Bonchev–Trinajstić information content (AvgIpc) is 2.78. The van der Waals surface area contributed by atoms with Crippen LogP contribution in [0, 0.1) is 5.92 Å². The summed E-state index contributed by atoms with van der Waals surface area (Å²) in [6.07, 6.45) is 5.94. The van der Waals surface area contributed by atoms with Crippen LogP contribution in [0.1, 0.15) is 54.9 Å². The topological polar surface area (TPSA) is 57.7 Å². The predicted molar refractivity (Wildman–Crippen MR) is 119 cm³/mol. The maximum absolute atomic E-state index is 13.4. The molecule has 4 rings (SSSR count). The Morgan fingerprint density at radius 3 is 2.53 bits per heavy atom. The number of fused-ring (bicyclic) bond motifs is 1. The number of aryl methyl sites for hydroxylation is 1.